The summed E-state index contributed by atoms with van der Waals surface area (Å²) < 4.78 is -0.106. The lowest BCUT2D eigenvalue weighted by molar-refractivity contribution is -0.931. The van der Waals surface area contributed by atoms with Crippen LogP contribution in [-0.2, 0) is 19.2 Å². The van der Waals surface area contributed by atoms with Gasteiger partial charge in [0, 0.05) is 38.4 Å². The van der Waals surface area contributed by atoms with Crippen molar-refractivity contribution in [1.82, 2.24) is 15.1 Å². The van der Waals surface area contributed by atoms with Crippen LogP contribution < -0.4 is 10.6 Å². The van der Waals surface area contributed by atoms with E-state index in [4.69, 9.17) is 0 Å². The van der Waals surface area contributed by atoms with Gasteiger partial charge in [-0.25, -0.2) is 4.79 Å². The third-order valence-electron chi connectivity index (χ3n) is 8.09. The molecule has 0 bridgehead atoms. The molecule has 1 saturated carbocycles. The van der Waals surface area contributed by atoms with Crippen LogP contribution in [0.1, 0.15) is 43.6 Å². The largest absolute Gasteiger partial charge is 0.480 e. The predicted octanol–water partition coefficient (Wildman–Crippen LogP) is 0.949. The van der Waals surface area contributed by atoms with Crippen molar-refractivity contribution in [3.63, 3.8) is 0 Å². The van der Waals surface area contributed by atoms with Crippen LogP contribution in [0.25, 0.3) is 0 Å². The molecule has 1 saturated heterocycles. The van der Waals surface area contributed by atoms with E-state index in [-0.39, 0.29) is 43.8 Å². The van der Waals surface area contributed by atoms with Crippen molar-refractivity contribution < 1.29 is 39.0 Å². The Morgan fingerprint density at radius 3 is 2.17 bits per heavy atom. The van der Waals surface area contributed by atoms with E-state index in [1.54, 1.807) is 9.80 Å². The van der Waals surface area contributed by atoms with E-state index in [1.807, 2.05) is 12.1 Å². The highest BCUT2D eigenvalue weighted by atomic mass is 16.4. The molecule has 2 atom stereocenters. The zero-order valence-electron chi connectivity index (χ0n) is 23.2. The molecule has 0 amide bonds. The first-order chi connectivity index (χ1) is 19.2. The summed E-state index contributed by atoms with van der Waals surface area (Å²) in [5.74, 6) is -2.52. The van der Waals surface area contributed by atoms with E-state index < -0.39 is 24.1 Å². The summed E-state index contributed by atoms with van der Waals surface area (Å²) in [6.07, 6.45) is 6.18. The molecule has 1 heterocycles. The van der Waals surface area contributed by atoms with Crippen LogP contribution in [0.3, 0.4) is 0 Å². The van der Waals surface area contributed by atoms with Gasteiger partial charge in [-0.15, -0.1) is 0 Å². The molecule has 5 N–H and O–H groups in total. The van der Waals surface area contributed by atoms with Gasteiger partial charge < -0.3 is 26.0 Å². The topological polar surface area (TPSA) is 160 Å². The number of carbonyl (C=O) groups is 4. The summed E-state index contributed by atoms with van der Waals surface area (Å²) in [5.41, 5.74) is 2.05. The second-order valence-corrected chi connectivity index (χ2v) is 11.0. The van der Waals surface area contributed by atoms with Gasteiger partial charge in [-0.2, -0.15) is 0 Å². The maximum Gasteiger partial charge on any atom is 0.359 e. The minimum absolute atomic E-state index is 0.0577. The molecular weight excluding hydrogens is 518 g/mol. The van der Waals surface area contributed by atoms with Crippen LogP contribution in [0.2, 0.25) is 0 Å². The monoisotopic (exact) mass is 562 g/mol. The second-order valence-electron chi connectivity index (χ2n) is 11.0. The molecule has 0 radical (unpaired) electrons. The van der Waals surface area contributed by atoms with Crippen LogP contribution in [-0.4, -0.2) is 132 Å². The van der Waals surface area contributed by atoms with Crippen LogP contribution >= 0.6 is 0 Å². The summed E-state index contributed by atoms with van der Waals surface area (Å²) >= 11 is 0. The Morgan fingerprint density at radius 2 is 1.55 bits per heavy atom. The molecule has 1 aromatic rings. The van der Waals surface area contributed by atoms with Gasteiger partial charge >= 0.3 is 17.9 Å². The van der Waals surface area contributed by atoms with Gasteiger partial charge in [0.15, 0.2) is 19.0 Å². The molecule has 3 rings (SSSR count). The number of rotatable bonds is 11. The van der Waals surface area contributed by atoms with Crippen molar-refractivity contribution in [3.8, 4) is 0 Å². The minimum Gasteiger partial charge on any atom is -0.480 e. The number of quaternary nitrogens is 1. The number of nitrogens with zero attached hydrogens (tertiary/aromatic N) is 3. The van der Waals surface area contributed by atoms with Gasteiger partial charge in [0.25, 0.3) is 0 Å². The molecule has 2 aliphatic rings. The number of benzene rings is 1. The van der Waals surface area contributed by atoms with Gasteiger partial charge in [0.2, 0.25) is 0 Å². The molecule has 0 aromatic heterocycles. The maximum absolute atomic E-state index is 12.1. The molecule has 40 heavy (non-hydrogen) atoms. The van der Waals surface area contributed by atoms with Crippen molar-refractivity contribution in [3.05, 3.63) is 29.8 Å². The molecular formula is C28H44N5O7+. The predicted molar refractivity (Wildman–Crippen MR) is 149 cm³/mol. The van der Waals surface area contributed by atoms with Crippen molar-refractivity contribution in [2.45, 2.75) is 44.2 Å². The van der Waals surface area contributed by atoms with Crippen molar-refractivity contribution in [1.29, 1.82) is 0 Å². The number of carbonyl (C=O) groups excluding carboxylic acids is 1. The Labute approximate surface area is 235 Å². The van der Waals surface area contributed by atoms with Gasteiger partial charge in [-0.3, -0.25) is 28.7 Å². The number of anilines is 1. The number of hydrogen-bond donors (Lipinski definition) is 5. The number of nitrogens with one attached hydrogen (secondary N) is 2. The summed E-state index contributed by atoms with van der Waals surface area (Å²) in [6, 6.07) is 8.15. The van der Waals surface area contributed by atoms with Crippen molar-refractivity contribution >= 4 is 29.9 Å². The first-order valence-corrected chi connectivity index (χ1v) is 14.2. The fourth-order valence-electron chi connectivity index (χ4n) is 5.96. The Bertz CT molecular complexity index is 986. The highest BCUT2D eigenvalue weighted by Crippen LogP contribution is 2.33. The Hall–Kier alpha value is -3.06. The molecule has 12 nitrogen and oxygen atoms in total. The van der Waals surface area contributed by atoms with Crippen LogP contribution in [0.4, 0.5) is 5.69 Å². The molecule has 1 aliphatic carbocycles. The van der Waals surface area contributed by atoms with E-state index in [9.17, 15) is 34.5 Å². The zero-order valence-corrected chi connectivity index (χ0v) is 23.2. The van der Waals surface area contributed by atoms with E-state index in [0.29, 0.717) is 38.6 Å². The maximum atomic E-state index is 12.1. The van der Waals surface area contributed by atoms with Gasteiger partial charge in [0.05, 0.1) is 26.2 Å². The SMILES string of the molecule is O=CC[N+]1(CC(=O)O)CCNCCN(CC(=O)O)CCN(CC(=O)O)CC1Nc1ccc(C2CCCCC2)cc1. The lowest BCUT2D eigenvalue weighted by Gasteiger charge is -2.45. The molecule has 2 fully saturated rings. The minimum atomic E-state index is -1.05. The second kappa shape index (κ2) is 15.7. The normalized spacial score (nSPS) is 24.4. The summed E-state index contributed by atoms with van der Waals surface area (Å²) in [5, 5.41) is 35.6. The van der Waals surface area contributed by atoms with Gasteiger partial charge in [-0.05, 0) is 36.5 Å². The molecule has 1 aromatic carbocycles. The Balaban J connectivity index is 1.93. The first kappa shape index (κ1) is 31.5. The standard InChI is InChI=1S/C28H43N5O7/c34-17-16-33(21-28(39)40)15-11-29-10-12-31(19-26(35)36)13-14-32(20-27(37)38)18-25(33)30-24-8-6-23(7-9-24)22-4-2-1-3-5-22/h6-9,17,22,25,29-30H,1-5,10-16,18-21H2,(H2-,35,36,37,38,39,40)/p+1. The van der Waals surface area contributed by atoms with Crippen LogP contribution in [0.15, 0.2) is 24.3 Å². The summed E-state index contributed by atoms with van der Waals surface area (Å²) in [4.78, 5) is 50.6. The molecule has 2 unspecified atom stereocenters. The lowest BCUT2D eigenvalue weighted by atomic mass is 9.84. The third kappa shape index (κ3) is 9.84. The third-order valence-corrected chi connectivity index (χ3v) is 8.09. The lowest BCUT2D eigenvalue weighted by Crippen LogP contribution is -2.67. The summed E-state index contributed by atoms with van der Waals surface area (Å²) in [6.45, 7) is 1.54. The van der Waals surface area contributed by atoms with Gasteiger partial charge in [0.1, 0.15) is 6.54 Å². The summed E-state index contributed by atoms with van der Waals surface area (Å²) in [7, 11) is 0. The molecule has 222 valence electrons. The Kier molecular flexibility index (Phi) is 12.3. The molecule has 12 heteroatoms. The van der Waals surface area contributed by atoms with E-state index in [2.05, 4.69) is 22.8 Å². The molecule has 0 spiro atoms. The number of carboxylic acid groups (broad SMARTS) is 3. The fourth-order valence-corrected chi connectivity index (χ4v) is 5.96. The highest BCUT2D eigenvalue weighted by Gasteiger charge is 2.40. The van der Waals surface area contributed by atoms with Crippen molar-refractivity contribution in [2.24, 2.45) is 0 Å². The van der Waals surface area contributed by atoms with Gasteiger partial charge in [-0.1, -0.05) is 31.4 Å². The van der Waals surface area contributed by atoms with Crippen LogP contribution in [0, 0.1) is 0 Å². The average molecular weight is 563 g/mol. The quantitative estimate of drug-likeness (QED) is 0.193. The van der Waals surface area contributed by atoms with Crippen LogP contribution in [0.5, 0.6) is 0 Å². The smallest absolute Gasteiger partial charge is 0.359 e. The van der Waals surface area contributed by atoms with Crippen molar-refractivity contribution in [2.75, 3.05) is 77.3 Å². The zero-order chi connectivity index (χ0) is 29.0. The highest BCUT2D eigenvalue weighted by molar-refractivity contribution is 5.69. The number of hydrogen-bond acceptors (Lipinski definition) is 8. The average Bonchev–Trinajstić information content (AvgIpc) is 2.90. The fraction of sp³-hybridized carbons (Fsp3) is 0.643. The Morgan fingerprint density at radius 1 is 0.900 bits per heavy atom. The number of carboxylic acids is 3. The van der Waals surface area contributed by atoms with E-state index >= 15 is 0 Å². The van der Waals surface area contributed by atoms with E-state index in [1.165, 1.54) is 37.7 Å². The van der Waals surface area contributed by atoms with E-state index in [0.717, 1.165) is 12.0 Å². The number of aldehydes is 1. The first-order valence-electron chi connectivity index (χ1n) is 14.2. The molecule has 1 aliphatic heterocycles. The number of aliphatic carboxylic acids is 3.